The van der Waals surface area contributed by atoms with E-state index in [1.54, 1.807) is 18.6 Å². The molecule has 2 rings (SSSR count). The van der Waals surface area contributed by atoms with Crippen LogP contribution in [0.1, 0.15) is 11.1 Å². The van der Waals surface area contributed by atoms with Crippen molar-refractivity contribution in [3.8, 4) is 0 Å². The molecule has 0 bridgehead atoms. The van der Waals surface area contributed by atoms with Gasteiger partial charge in [0, 0.05) is 5.56 Å². The number of aryl methyl sites for hydroxylation is 1. The number of furan rings is 1. The number of rotatable bonds is 2. The lowest BCUT2D eigenvalue weighted by Crippen LogP contribution is -2.19. The zero-order valence-electron chi connectivity index (χ0n) is 8.92. The minimum absolute atomic E-state index is 0.459. The molecule has 5 nitrogen and oxygen atoms in total. The van der Waals surface area contributed by atoms with Gasteiger partial charge in [0.05, 0.1) is 31.0 Å². The van der Waals surface area contributed by atoms with Crippen LogP contribution >= 0.6 is 0 Å². The quantitative estimate of drug-likeness (QED) is 0.747. The smallest absolute Gasteiger partial charge is 0.164 e. The molecule has 0 aromatic carbocycles. The van der Waals surface area contributed by atoms with Crippen molar-refractivity contribution in [1.82, 2.24) is 4.73 Å². The van der Waals surface area contributed by atoms with Crippen LogP contribution in [-0.2, 0) is 6.54 Å². The van der Waals surface area contributed by atoms with Gasteiger partial charge in [-0.2, -0.15) is 4.73 Å². The molecule has 2 aromatic heterocycles. The van der Waals surface area contributed by atoms with E-state index >= 15 is 0 Å². The predicted octanol–water partition coefficient (Wildman–Crippen LogP) is 1.31. The van der Waals surface area contributed by atoms with Crippen molar-refractivity contribution in [2.24, 2.45) is 4.99 Å². The van der Waals surface area contributed by atoms with E-state index in [0.717, 1.165) is 15.9 Å². The zero-order chi connectivity index (χ0) is 11.5. The van der Waals surface area contributed by atoms with E-state index in [1.807, 2.05) is 13.0 Å². The van der Waals surface area contributed by atoms with E-state index in [1.165, 1.54) is 6.20 Å². The summed E-state index contributed by atoms with van der Waals surface area (Å²) in [5.41, 5.74) is 8.48. The third-order valence-electron chi connectivity index (χ3n) is 2.30. The Labute approximate surface area is 92.4 Å². The molecule has 0 atom stereocenters. The highest BCUT2D eigenvalue weighted by Gasteiger charge is 1.98. The number of anilines is 1. The number of aromatic nitrogens is 1. The van der Waals surface area contributed by atoms with Gasteiger partial charge in [0.2, 0.25) is 0 Å². The number of hydrogen-bond acceptors (Lipinski definition) is 4. The summed E-state index contributed by atoms with van der Waals surface area (Å²) in [4.78, 5) is 4.25. The minimum Gasteiger partial charge on any atom is -0.472 e. The van der Waals surface area contributed by atoms with Crippen LogP contribution in [0.2, 0.25) is 0 Å². The molecule has 0 fully saturated rings. The molecule has 0 aliphatic carbocycles. The molecular weight excluding hydrogens is 206 g/mol. The fraction of sp³-hybridized carbons (Fsp3) is 0.182. The Morgan fingerprint density at radius 2 is 2.38 bits per heavy atom. The van der Waals surface area contributed by atoms with Crippen molar-refractivity contribution in [3.05, 3.63) is 47.5 Å². The van der Waals surface area contributed by atoms with Crippen molar-refractivity contribution in [1.29, 1.82) is 0 Å². The molecule has 0 radical (unpaired) electrons. The maximum absolute atomic E-state index is 9.56. The zero-order valence-corrected chi connectivity index (χ0v) is 8.92. The molecule has 2 heterocycles. The summed E-state index contributed by atoms with van der Waals surface area (Å²) in [6.45, 7) is 2.33. The normalized spacial score (nSPS) is 11.9. The van der Waals surface area contributed by atoms with Gasteiger partial charge in [-0.3, -0.25) is 4.99 Å². The molecule has 2 aromatic rings. The average molecular weight is 219 g/mol. The summed E-state index contributed by atoms with van der Waals surface area (Å²) in [6.07, 6.45) is 4.64. The molecule has 0 saturated carbocycles. The molecule has 0 amide bonds. The Balaban J connectivity index is 2.33. The van der Waals surface area contributed by atoms with E-state index in [4.69, 9.17) is 10.2 Å². The van der Waals surface area contributed by atoms with Crippen LogP contribution < -0.4 is 11.2 Å². The number of nitrogen functional groups attached to an aromatic ring is 1. The van der Waals surface area contributed by atoms with Crippen LogP contribution in [0.5, 0.6) is 0 Å². The molecule has 3 N–H and O–H groups in total. The standard InChI is InChI=1S/C11H13N3O2/c1-8-4-11(14(15)6-10(8)12)13-5-9-2-3-16-7-9/h2-4,6-7,15H,5,12H2,1H3. The van der Waals surface area contributed by atoms with Gasteiger partial charge in [-0.1, -0.05) is 0 Å². The van der Waals surface area contributed by atoms with Crippen LogP contribution in [0.15, 0.2) is 40.3 Å². The minimum atomic E-state index is 0.459. The van der Waals surface area contributed by atoms with Gasteiger partial charge < -0.3 is 15.4 Å². The van der Waals surface area contributed by atoms with E-state index in [0.29, 0.717) is 17.7 Å². The second kappa shape index (κ2) is 4.14. The van der Waals surface area contributed by atoms with E-state index < -0.39 is 0 Å². The fourth-order valence-corrected chi connectivity index (χ4v) is 1.32. The first kappa shape index (κ1) is 10.4. The highest BCUT2D eigenvalue weighted by Crippen LogP contribution is 2.05. The largest absolute Gasteiger partial charge is 0.472 e. The highest BCUT2D eigenvalue weighted by atomic mass is 16.5. The first-order chi connectivity index (χ1) is 7.66. The number of nitrogens with zero attached hydrogens (tertiary/aromatic N) is 2. The Bertz CT molecular complexity index is 541. The van der Waals surface area contributed by atoms with E-state index in [9.17, 15) is 5.21 Å². The van der Waals surface area contributed by atoms with Gasteiger partial charge in [0.1, 0.15) is 0 Å². The number of hydrogen-bond donors (Lipinski definition) is 2. The number of nitrogens with two attached hydrogens (primary N) is 1. The Kier molecular flexibility index (Phi) is 2.68. The topological polar surface area (TPSA) is 76.7 Å². The summed E-state index contributed by atoms with van der Waals surface area (Å²) in [5.74, 6) is 0. The van der Waals surface area contributed by atoms with Gasteiger partial charge in [-0.05, 0) is 24.6 Å². The lowest BCUT2D eigenvalue weighted by Gasteiger charge is -2.03. The summed E-state index contributed by atoms with van der Waals surface area (Å²) < 4.78 is 5.85. The predicted molar refractivity (Wildman–Crippen MR) is 58.7 cm³/mol. The first-order valence-electron chi connectivity index (χ1n) is 4.86. The van der Waals surface area contributed by atoms with Crippen molar-refractivity contribution >= 4 is 5.69 Å². The van der Waals surface area contributed by atoms with Gasteiger partial charge >= 0.3 is 0 Å². The lowest BCUT2D eigenvalue weighted by atomic mass is 10.2. The second-order valence-corrected chi connectivity index (χ2v) is 3.56. The van der Waals surface area contributed by atoms with Gasteiger partial charge in [-0.25, -0.2) is 0 Å². The SMILES string of the molecule is Cc1cc(=NCc2ccoc2)n(O)cc1N. The third-order valence-corrected chi connectivity index (χ3v) is 2.30. The van der Waals surface area contributed by atoms with Gasteiger partial charge in [-0.15, -0.1) is 0 Å². The highest BCUT2D eigenvalue weighted by molar-refractivity contribution is 5.42. The van der Waals surface area contributed by atoms with Gasteiger partial charge in [0.15, 0.2) is 5.49 Å². The third kappa shape index (κ3) is 2.08. The molecule has 16 heavy (non-hydrogen) atoms. The number of pyridine rings is 1. The molecule has 0 unspecified atom stereocenters. The van der Waals surface area contributed by atoms with Crippen LogP contribution in [0, 0.1) is 6.92 Å². The first-order valence-corrected chi connectivity index (χ1v) is 4.86. The van der Waals surface area contributed by atoms with Gasteiger partial charge in [0.25, 0.3) is 0 Å². The van der Waals surface area contributed by atoms with E-state index in [2.05, 4.69) is 4.99 Å². The molecule has 0 aliphatic rings. The Hall–Kier alpha value is -2.17. The van der Waals surface area contributed by atoms with Crippen molar-refractivity contribution in [2.75, 3.05) is 5.73 Å². The fourth-order valence-electron chi connectivity index (χ4n) is 1.32. The maximum atomic E-state index is 9.56. The Morgan fingerprint density at radius 3 is 3.06 bits per heavy atom. The molecule has 0 spiro atoms. The molecule has 84 valence electrons. The molecule has 5 heteroatoms. The van der Waals surface area contributed by atoms with Crippen molar-refractivity contribution in [2.45, 2.75) is 13.5 Å². The van der Waals surface area contributed by atoms with Crippen LogP contribution in [0.4, 0.5) is 5.69 Å². The summed E-state index contributed by atoms with van der Waals surface area (Å²) in [5, 5.41) is 9.56. The van der Waals surface area contributed by atoms with Crippen LogP contribution in [0.3, 0.4) is 0 Å². The second-order valence-electron chi connectivity index (χ2n) is 3.56. The summed E-state index contributed by atoms with van der Waals surface area (Å²) in [7, 11) is 0. The molecule has 0 aliphatic heterocycles. The maximum Gasteiger partial charge on any atom is 0.164 e. The van der Waals surface area contributed by atoms with Crippen molar-refractivity contribution < 1.29 is 9.62 Å². The van der Waals surface area contributed by atoms with Crippen molar-refractivity contribution in [3.63, 3.8) is 0 Å². The van der Waals surface area contributed by atoms with Crippen LogP contribution in [0.25, 0.3) is 0 Å². The molecule has 0 saturated heterocycles. The average Bonchev–Trinajstić information content (AvgIpc) is 2.74. The monoisotopic (exact) mass is 219 g/mol. The summed E-state index contributed by atoms with van der Waals surface area (Å²) in [6, 6.07) is 3.56. The Morgan fingerprint density at radius 1 is 1.56 bits per heavy atom. The summed E-state index contributed by atoms with van der Waals surface area (Å²) >= 11 is 0. The van der Waals surface area contributed by atoms with Crippen LogP contribution in [-0.4, -0.2) is 9.94 Å². The lowest BCUT2D eigenvalue weighted by molar-refractivity contribution is 0.172. The van der Waals surface area contributed by atoms with E-state index in [-0.39, 0.29) is 0 Å². The molecular formula is C11H13N3O2.